The van der Waals surface area contributed by atoms with Crippen molar-refractivity contribution in [2.45, 2.75) is 51.3 Å². The molecule has 0 bridgehead atoms. The number of hydrogen-bond donors (Lipinski definition) is 1. The number of sulfonamides is 1. The molecular formula is C23H36N4O4S. The first-order valence-electron chi connectivity index (χ1n) is 11.7. The summed E-state index contributed by atoms with van der Waals surface area (Å²) in [5.41, 5.74) is 0.586. The summed E-state index contributed by atoms with van der Waals surface area (Å²) in [6.07, 6.45) is 3.18. The van der Waals surface area contributed by atoms with E-state index in [1.54, 1.807) is 33.5 Å². The smallest absolute Gasteiger partial charge is 0.319 e. The zero-order valence-electron chi connectivity index (χ0n) is 19.4. The monoisotopic (exact) mass is 464 g/mol. The molecule has 3 amide bonds. The highest BCUT2D eigenvalue weighted by Gasteiger charge is 2.30. The Bertz CT molecular complexity index is 891. The second kappa shape index (κ2) is 10.7. The molecule has 2 fully saturated rings. The van der Waals surface area contributed by atoms with Gasteiger partial charge in [0.05, 0.1) is 4.90 Å². The van der Waals surface area contributed by atoms with E-state index in [9.17, 15) is 18.0 Å². The van der Waals surface area contributed by atoms with E-state index in [2.05, 4.69) is 12.2 Å². The van der Waals surface area contributed by atoms with Crippen LogP contribution in [0.4, 0.5) is 10.5 Å². The molecule has 2 aliphatic rings. The molecule has 1 aromatic rings. The molecule has 32 heavy (non-hydrogen) atoms. The van der Waals surface area contributed by atoms with Crippen molar-refractivity contribution < 1.29 is 18.0 Å². The van der Waals surface area contributed by atoms with E-state index in [1.807, 2.05) is 18.7 Å². The number of rotatable bonds is 6. The second-order valence-electron chi connectivity index (χ2n) is 8.84. The molecule has 1 N–H and O–H groups in total. The Morgan fingerprint density at radius 3 is 2.22 bits per heavy atom. The molecule has 178 valence electrons. The average molecular weight is 465 g/mol. The number of likely N-dealkylation sites (tertiary alicyclic amines) is 1. The number of anilines is 1. The number of benzene rings is 1. The summed E-state index contributed by atoms with van der Waals surface area (Å²) < 4.78 is 27.3. The number of nitrogens with one attached hydrogen (secondary N) is 1. The summed E-state index contributed by atoms with van der Waals surface area (Å²) in [4.78, 5) is 29.0. The quantitative estimate of drug-likeness (QED) is 0.700. The van der Waals surface area contributed by atoms with Gasteiger partial charge in [0.2, 0.25) is 15.9 Å². The summed E-state index contributed by atoms with van der Waals surface area (Å²) >= 11 is 0. The Morgan fingerprint density at radius 1 is 1.03 bits per heavy atom. The lowest BCUT2D eigenvalue weighted by Gasteiger charge is -2.34. The van der Waals surface area contributed by atoms with Crippen LogP contribution in [-0.2, 0) is 14.8 Å². The predicted molar refractivity (Wildman–Crippen MR) is 125 cm³/mol. The van der Waals surface area contributed by atoms with E-state index in [1.165, 1.54) is 0 Å². The first kappa shape index (κ1) is 24.5. The Balaban J connectivity index is 1.55. The van der Waals surface area contributed by atoms with Crippen LogP contribution in [0.2, 0.25) is 0 Å². The van der Waals surface area contributed by atoms with Gasteiger partial charge in [-0.05, 0) is 69.7 Å². The van der Waals surface area contributed by atoms with Gasteiger partial charge in [0.15, 0.2) is 0 Å². The van der Waals surface area contributed by atoms with E-state index in [0.29, 0.717) is 63.7 Å². The van der Waals surface area contributed by atoms with Crippen LogP contribution in [-0.4, -0.2) is 73.7 Å². The van der Waals surface area contributed by atoms with Gasteiger partial charge in [-0.25, -0.2) is 13.2 Å². The van der Waals surface area contributed by atoms with Crippen molar-refractivity contribution in [1.29, 1.82) is 0 Å². The van der Waals surface area contributed by atoms with Crippen LogP contribution < -0.4 is 5.32 Å². The standard InChI is InChI=1S/C23H36N4O4S/c1-4-25(5-2)23(29)26-15-12-19(13-16-26)22(28)24-20-8-10-21(11-9-20)32(30,31)27-14-6-7-18(3)17-27/h8-11,18-19H,4-7,12-17H2,1-3H3,(H,24,28)/t18-/m0/s1. The van der Waals surface area contributed by atoms with Gasteiger partial charge in [-0.2, -0.15) is 4.31 Å². The molecule has 0 radical (unpaired) electrons. The lowest BCUT2D eigenvalue weighted by molar-refractivity contribution is -0.121. The molecule has 1 atom stereocenters. The lowest BCUT2D eigenvalue weighted by Crippen LogP contribution is -2.47. The molecule has 0 aliphatic carbocycles. The van der Waals surface area contributed by atoms with Crippen LogP contribution in [0.5, 0.6) is 0 Å². The van der Waals surface area contributed by atoms with Crippen LogP contribution in [0, 0.1) is 11.8 Å². The van der Waals surface area contributed by atoms with Crippen molar-refractivity contribution in [3.05, 3.63) is 24.3 Å². The van der Waals surface area contributed by atoms with Gasteiger partial charge in [0.25, 0.3) is 0 Å². The van der Waals surface area contributed by atoms with E-state index >= 15 is 0 Å². The van der Waals surface area contributed by atoms with Crippen molar-refractivity contribution in [2.75, 3.05) is 44.6 Å². The highest BCUT2D eigenvalue weighted by molar-refractivity contribution is 7.89. The molecule has 0 saturated carbocycles. The third-order valence-corrected chi connectivity index (χ3v) is 8.43. The molecule has 0 spiro atoms. The van der Waals surface area contributed by atoms with Crippen molar-refractivity contribution in [2.24, 2.45) is 11.8 Å². The van der Waals surface area contributed by atoms with Crippen molar-refractivity contribution >= 4 is 27.6 Å². The number of hydrogen-bond acceptors (Lipinski definition) is 4. The first-order chi connectivity index (χ1) is 15.3. The topological polar surface area (TPSA) is 90.0 Å². The van der Waals surface area contributed by atoms with Crippen molar-refractivity contribution in [3.63, 3.8) is 0 Å². The molecule has 0 aromatic heterocycles. The third-order valence-electron chi connectivity index (χ3n) is 6.55. The molecule has 9 heteroatoms. The Kier molecular flexibility index (Phi) is 8.16. The SMILES string of the molecule is CCN(CC)C(=O)N1CCC(C(=O)Nc2ccc(S(=O)(=O)N3CCC[C@H](C)C3)cc2)CC1. The largest absolute Gasteiger partial charge is 0.326 e. The van der Waals surface area contributed by atoms with Crippen LogP contribution >= 0.6 is 0 Å². The molecule has 0 unspecified atom stereocenters. The van der Waals surface area contributed by atoms with Gasteiger partial charge in [-0.3, -0.25) is 4.79 Å². The number of amides is 3. The lowest BCUT2D eigenvalue weighted by atomic mass is 9.96. The molecule has 2 heterocycles. The number of carbonyl (C=O) groups excluding carboxylic acids is 2. The molecule has 2 aliphatic heterocycles. The van der Waals surface area contributed by atoms with Crippen LogP contribution in [0.3, 0.4) is 0 Å². The van der Waals surface area contributed by atoms with Gasteiger partial charge in [-0.15, -0.1) is 0 Å². The van der Waals surface area contributed by atoms with Gasteiger partial charge < -0.3 is 15.1 Å². The van der Waals surface area contributed by atoms with E-state index < -0.39 is 10.0 Å². The summed E-state index contributed by atoms with van der Waals surface area (Å²) in [6, 6.07) is 6.47. The Labute approximate surface area is 192 Å². The Morgan fingerprint density at radius 2 is 1.66 bits per heavy atom. The van der Waals surface area contributed by atoms with E-state index in [0.717, 1.165) is 12.8 Å². The van der Waals surface area contributed by atoms with E-state index in [-0.39, 0.29) is 22.8 Å². The van der Waals surface area contributed by atoms with E-state index in [4.69, 9.17) is 0 Å². The van der Waals surface area contributed by atoms with Crippen LogP contribution in [0.15, 0.2) is 29.2 Å². The Hall–Kier alpha value is -2.13. The van der Waals surface area contributed by atoms with Gasteiger partial charge in [-0.1, -0.05) is 6.92 Å². The number of carbonyl (C=O) groups is 2. The maximum atomic E-state index is 12.9. The highest BCUT2D eigenvalue weighted by atomic mass is 32.2. The third kappa shape index (κ3) is 5.61. The van der Waals surface area contributed by atoms with Crippen LogP contribution in [0.25, 0.3) is 0 Å². The number of piperidine rings is 2. The van der Waals surface area contributed by atoms with Crippen molar-refractivity contribution in [1.82, 2.24) is 14.1 Å². The summed E-state index contributed by atoms with van der Waals surface area (Å²) in [5.74, 6) is 0.125. The molecular weight excluding hydrogens is 428 g/mol. The number of urea groups is 1. The first-order valence-corrected chi connectivity index (χ1v) is 13.1. The highest BCUT2D eigenvalue weighted by Crippen LogP contribution is 2.25. The predicted octanol–water partition coefficient (Wildman–Crippen LogP) is 3.22. The molecule has 1 aromatic carbocycles. The maximum Gasteiger partial charge on any atom is 0.319 e. The fourth-order valence-electron chi connectivity index (χ4n) is 4.50. The summed E-state index contributed by atoms with van der Waals surface area (Å²) in [6.45, 7) is 9.60. The minimum atomic E-state index is -3.51. The molecule has 8 nitrogen and oxygen atoms in total. The zero-order valence-corrected chi connectivity index (χ0v) is 20.2. The average Bonchev–Trinajstić information content (AvgIpc) is 2.80. The number of nitrogens with zero attached hydrogens (tertiary/aromatic N) is 3. The minimum absolute atomic E-state index is 0.0359. The van der Waals surface area contributed by atoms with Crippen molar-refractivity contribution in [3.8, 4) is 0 Å². The van der Waals surface area contributed by atoms with Gasteiger partial charge in [0, 0.05) is 50.9 Å². The molecule has 3 rings (SSSR count). The van der Waals surface area contributed by atoms with Gasteiger partial charge >= 0.3 is 6.03 Å². The summed E-state index contributed by atoms with van der Waals surface area (Å²) in [7, 11) is -3.51. The van der Waals surface area contributed by atoms with Crippen LogP contribution in [0.1, 0.15) is 46.5 Å². The second-order valence-corrected chi connectivity index (χ2v) is 10.8. The maximum absolute atomic E-state index is 12.9. The molecule has 2 saturated heterocycles. The van der Waals surface area contributed by atoms with Gasteiger partial charge in [0.1, 0.15) is 0 Å². The normalized spacial score (nSPS) is 20.7. The zero-order chi connectivity index (χ0) is 23.3. The fourth-order valence-corrected chi connectivity index (χ4v) is 6.09. The summed E-state index contributed by atoms with van der Waals surface area (Å²) in [5, 5.41) is 2.90. The fraction of sp³-hybridized carbons (Fsp3) is 0.652. The minimum Gasteiger partial charge on any atom is -0.326 e.